The molecule has 0 fully saturated rings. The molecule has 0 saturated carbocycles. The zero-order valence-corrected chi connectivity index (χ0v) is 17.6. The standard InChI is InChI=1S/C21H25N3O3S/c1-15(2)20-16(3)22(4)24(21(20)25)18-11-13-19(14-12-18)28(26,27)23(5)17-9-7-6-8-10-17/h6-15H,1-5H3. The molecule has 148 valence electrons. The van der Waals surface area contributed by atoms with Crippen LogP contribution in [0.5, 0.6) is 0 Å². The van der Waals surface area contributed by atoms with Crippen molar-refractivity contribution in [2.24, 2.45) is 7.05 Å². The van der Waals surface area contributed by atoms with E-state index in [1.165, 1.54) is 23.5 Å². The van der Waals surface area contributed by atoms with Crippen LogP contribution in [-0.4, -0.2) is 24.8 Å². The SMILES string of the molecule is Cc1c(C(C)C)c(=O)n(-c2ccc(S(=O)(=O)N(C)c3ccccc3)cc2)n1C. The molecular weight excluding hydrogens is 374 g/mol. The van der Waals surface area contributed by atoms with Crippen LogP contribution in [0.25, 0.3) is 5.69 Å². The van der Waals surface area contributed by atoms with Crippen LogP contribution in [0, 0.1) is 6.92 Å². The first-order valence-electron chi connectivity index (χ1n) is 9.09. The largest absolute Gasteiger partial charge is 0.285 e. The van der Waals surface area contributed by atoms with E-state index in [-0.39, 0.29) is 16.4 Å². The van der Waals surface area contributed by atoms with Gasteiger partial charge in [0.1, 0.15) is 0 Å². The number of hydrogen-bond acceptors (Lipinski definition) is 3. The molecule has 6 nitrogen and oxygen atoms in total. The van der Waals surface area contributed by atoms with Gasteiger partial charge in [-0.1, -0.05) is 32.0 Å². The van der Waals surface area contributed by atoms with Crippen molar-refractivity contribution in [2.45, 2.75) is 31.6 Å². The lowest BCUT2D eigenvalue weighted by molar-refractivity contribution is 0.594. The summed E-state index contributed by atoms with van der Waals surface area (Å²) < 4.78 is 30.4. The summed E-state index contributed by atoms with van der Waals surface area (Å²) >= 11 is 0. The Morgan fingerprint density at radius 3 is 2.04 bits per heavy atom. The second kappa shape index (κ2) is 7.31. The Labute approximate surface area is 165 Å². The highest BCUT2D eigenvalue weighted by molar-refractivity contribution is 7.92. The summed E-state index contributed by atoms with van der Waals surface area (Å²) in [4.78, 5) is 13.0. The van der Waals surface area contributed by atoms with Gasteiger partial charge in [0.25, 0.3) is 15.6 Å². The van der Waals surface area contributed by atoms with Gasteiger partial charge in [-0.05, 0) is 49.2 Å². The van der Waals surface area contributed by atoms with E-state index in [1.807, 2.05) is 33.9 Å². The van der Waals surface area contributed by atoms with Gasteiger partial charge in [-0.2, -0.15) is 0 Å². The minimum absolute atomic E-state index is 0.0768. The summed E-state index contributed by atoms with van der Waals surface area (Å²) in [6.45, 7) is 5.90. The number of sulfonamides is 1. The quantitative estimate of drug-likeness (QED) is 0.660. The average molecular weight is 400 g/mol. The van der Waals surface area contributed by atoms with Crippen LogP contribution in [0.15, 0.2) is 64.3 Å². The van der Waals surface area contributed by atoms with Gasteiger partial charge in [-0.3, -0.25) is 13.8 Å². The molecular formula is C21H25N3O3S. The Hall–Kier alpha value is -2.80. The lowest BCUT2D eigenvalue weighted by Gasteiger charge is -2.19. The molecule has 0 amide bonds. The molecule has 0 bridgehead atoms. The molecule has 0 unspecified atom stereocenters. The highest BCUT2D eigenvalue weighted by Gasteiger charge is 2.22. The Kier molecular flexibility index (Phi) is 5.21. The monoisotopic (exact) mass is 399 g/mol. The van der Waals surface area contributed by atoms with E-state index in [2.05, 4.69) is 0 Å². The second-order valence-corrected chi connectivity index (χ2v) is 9.07. The number of hydrogen-bond donors (Lipinski definition) is 0. The molecule has 0 aliphatic heterocycles. The topological polar surface area (TPSA) is 64.3 Å². The van der Waals surface area contributed by atoms with Crippen molar-refractivity contribution in [1.29, 1.82) is 0 Å². The van der Waals surface area contributed by atoms with Gasteiger partial charge >= 0.3 is 0 Å². The van der Waals surface area contributed by atoms with E-state index in [0.717, 1.165) is 11.3 Å². The predicted molar refractivity (Wildman–Crippen MR) is 112 cm³/mol. The summed E-state index contributed by atoms with van der Waals surface area (Å²) in [6.07, 6.45) is 0. The van der Waals surface area contributed by atoms with Gasteiger partial charge in [-0.25, -0.2) is 13.1 Å². The summed E-state index contributed by atoms with van der Waals surface area (Å²) in [6, 6.07) is 15.3. The van der Waals surface area contributed by atoms with Gasteiger partial charge < -0.3 is 0 Å². The molecule has 0 aliphatic rings. The molecule has 0 radical (unpaired) electrons. The average Bonchev–Trinajstić information content (AvgIpc) is 2.90. The van der Waals surface area contributed by atoms with Gasteiger partial charge in [0, 0.05) is 25.4 Å². The normalized spacial score (nSPS) is 11.8. The fourth-order valence-electron chi connectivity index (χ4n) is 3.38. The number of benzene rings is 2. The number of aromatic nitrogens is 2. The van der Waals surface area contributed by atoms with Crippen molar-refractivity contribution in [3.05, 3.63) is 76.2 Å². The third-order valence-corrected chi connectivity index (χ3v) is 6.83. The molecule has 0 spiro atoms. The molecule has 0 saturated heterocycles. The Balaban J connectivity index is 2.02. The van der Waals surface area contributed by atoms with E-state index in [0.29, 0.717) is 11.4 Å². The summed E-state index contributed by atoms with van der Waals surface area (Å²) in [5.74, 6) is 0.110. The van der Waals surface area contributed by atoms with Crippen molar-refractivity contribution >= 4 is 15.7 Å². The highest BCUT2D eigenvalue weighted by Crippen LogP contribution is 2.23. The summed E-state index contributed by atoms with van der Waals surface area (Å²) in [5.41, 5.74) is 2.81. The van der Waals surface area contributed by atoms with Crippen molar-refractivity contribution in [3.63, 3.8) is 0 Å². The minimum atomic E-state index is -3.69. The molecule has 1 heterocycles. The lowest BCUT2D eigenvalue weighted by atomic mass is 10.0. The van der Waals surface area contributed by atoms with E-state index >= 15 is 0 Å². The fraction of sp³-hybridized carbons (Fsp3) is 0.286. The Morgan fingerprint density at radius 2 is 1.54 bits per heavy atom. The van der Waals surface area contributed by atoms with E-state index < -0.39 is 10.0 Å². The first-order valence-corrected chi connectivity index (χ1v) is 10.5. The molecule has 3 aromatic rings. The fourth-order valence-corrected chi connectivity index (χ4v) is 4.57. The number of nitrogens with zero attached hydrogens (tertiary/aromatic N) is 3. The maximum absolute atomic E-state index is 12.9. The van der Waals surface area contributed by atoms with Gasteiger partial charge in [-0.15, -0.1) is 0 Å². The van der Waals surface area contributed by atoms with Crippen LogP contribution in [0.1, 0.15) is 31.0 Å². The number of rotatable bonds is 5. The van der Waals surface area contributed by atoms with Crippen molar-refractivity contribution in [3.8, 4) is 5.69 Å². The third kappa shape index (κ3) is 3.26. The second-order valence-electron chi connectivity index (χ2n) is 7.10. The molecule has 0 atom stereocenters. The van der Waals surface area contributed by atoms with Gasteiger partial charge in [0.2, 0.25) is 0 Å². The van der Waals surface area contributed by atoms with Crippen LogP contribution in [0.2, 0.25) is 0 Å². The zero-order valence-electron chi connectivity index (χ0n) is 16.7. The summed E-state index contributed by atoms with van der Waals surface area (Å²) in [5, 5.41) is 0. The molecule has 28 heavy (non-hydrogen) atoms. The summed E-state index contributed by atoms with van der Waals surface area (Å²) in [7, 11) is -0.332. The predicted octanol–water partition coefficient (Wildman–Crippen LogP) is 3.43. The Morgan fingerprint density at radius 1 is 0.964 bits per heavy atom. The molecule has 1 aromatic heterocycles. The molecule has 7 heteroatoms. The molecule has 2 aromatic carbocycles. The van der Waals surface area contributed by atoms with Crippen LogP contribution in [0.3, 0.4) is 0 Å². The third-order valence-electron chi connectivity index (χ3n) is 5.03. The smallest absolute Gasteiger partial charge is 0.275 e. The van der Waals surface area contributed by atoms with E-state index in [1.54, 1.807) is 45.8 Å². The van der Waals surface area contributed by atoms with Crippen LogP contribution in [0.4, 0.5) is 5.69 Å². The van der Waals surface area contributed by atoms with Crippen molar-refractivity contribution in [2.75, 3.05) is 11.4 Å². The zero-order chi connectivity index (χ0) is 20.6. The van der Waals surface area contributed by atoms with Gasteiger partial charge in [0.15, 0.2) is 0 Å². The lowest BCUT2D eigenvalue weighted by Crippen LogP contribution is -2.26. The van der Waals surface area contributed by atoms with Crippen molar-refractivity contribution < 1.29 is 8.42 Å². The van der Waals surface area contributed by atoms with Crippen LogP contribution < -0.4 is 9.86 Å². The number of para-hydroxylation sites is 1. The molecule has 0 N–H and O–H groups in total. The maximum Gasteiger partial charge on any atom is 0.275 e. The van der Waals surface area contributed by atoms with Crippen LogP contribution >= 0.6 is 0 Å². The van der Waals surface area contributed by atoms with Gasteiger partial charge in [0.05, 0.1) is 16.3 Å². The highest BCUT2D eigenvalue weighted by atomic mass is 32.2. The number of anilines is 1. The maximum atomic E-state index is 12.9. The molecule has 0 aliphatic carbocycles. The minimum Gasteiger partial charge on any atom is -0.285 e. The Bertz CT molecular complexity index is 1140. The van der Waals surface area contributed by atoms with E-state index in [4.69, 9.17) is 0 Å². The first kappa shape index (κ1) is 19.9. The van der Waals surface area contributed by atoms with Crippen molar-refractivity contribution in [1.82, 2.24) is 9.36 Å². The van der Waals surface area contributed by atoms with Crippen LogP contribution in [-0.2, 0) is 17.1 Å². The van der Waals surface area contributed by atoms with E-state index in [9.17, 15) is 13.2 Å². The first-order chi connectivity index (χ1) is 13.2. The molecule has 3 rings (SSSR count).